The van der Waals surface area contributed by atoms with Gasteiger partial charge in [-0.15, -0.1) is 9.44 Å². The summed E-state index contributed by atoms with van der Waals surface area (Å²) in [4.78, 5) is 13.3. The number of nitrogens with one attached hydrogen (secondary N) is 1. The van der Waals surface area contributed by atoms with Gasteiger partial charge in [-0.2, -0.15) is 18.6 Å². The molecule has 1 unspecified atom stereocenters. The first kappa shape index (κ1) is 21.3. The summed E-state index contributed by atoms with van der Waals surface area (Å²) < 4.78 is 55.0. The summed E-state index contributed by atoms with van der Waals surface area (Å²) in [6.45, 7) is 0.675. The zero-order chi connectivity index (χ0) is 20.4. The number of amides is 2. The molecule has 1 aromatic rings. The molecule has 0 radical (unpaired) electrons. The lowest BCUT2D eigenvalue weighted by atomic mass is 10.1. The van der Waals surface area contributed by atoms with E-state index in [4.69, 9.17) is 24.0 Å². The number of rotatable bonds is 5. The predicted molar refractivity (Wildman–Crippen MR) is 91.5 cm³/mol. The van der Waals surface area contributed by atoms with Crippen LogP contribution in [0.1, 0.15) is 17.3 Å². The topological polar surface area (TPSA) is 216 Å². The highest BCUT2D eigenvalue weighted by Gasteiger charge is 2.47. The molecule has 0 spiro atoms. The largest absolute Gasteiger partial charge is 0.418 e. The lowest BCUT2D eigenvalue weighted by Crippen LogP contribution is -2.32. The van der Waals surface area contributed by atoms with Gasteiger partial charge in [0.15, 0.2) is 0 Å². The van der Waals surface area contributed by atoms with Gasteiger partial charge in [0.1, 0.15) is 6.04 Å². The maximum absolute atomic E-state index is 11.9. The Morgan fingerprint density at radius 3 is 2.70 bits per heavy atom. The van der Waals surface area contributed by atoms with Crippen LogP contribution in [0, 0.1) is 0 Å². The second-order valence-electron chi connectivity index (χ2n) is 5.42. The van der Waals surface area contributed by atoms with Crippen LogP contribution in [-0.4, -0.2) is 72.4 Å². The van der Waals surface area contributed by atoms with Crippen molar-refractivity contribution < 1.29 is 36.4 Å². The number of carbonyl (C=O) groups is 1. The van der Waals surface area contributed by atoms with Crippen LogP contribution in [0.5, 0.6) is 0 Å². The third-order valence-corrected chi connectivity index (χ3v) is 4.51. The molecular weight excluding hydrogens is 410 g/mol. The maximum atomic E-state index is 11.9. The number of hydrogen-bond acceptors (Lipinski definition) is 11. The van der Waals surface area contributed by atoms with Gasteiger partial charge < -0.3 is 10.1 Å². The van der Waals surface area contributed by atoms with Crippen molar-refractivity contribution in [3.63, 3.8) is 0 Å². The smallest absolute Gasteiger partial charge is 0.411 e. The number of aromatic nitrogens is 2. The standard InChI is InChI=1S/C8H10N4O5S.C2H9N3O3S/c1-10-6-3-11-4-7(5(6)2-9-10)12(8(11)13)17-18(14,15)16;3-9(7,8)5-2-1-4-6/h2,7H,3-4H2,1H3,(H,14,15,16);1,5-8H,2-3H2/b;4-1-. The van der Waals surface area contributed by atoms with E-state index in [-0.39, 0.29) is 6.54 Å². The fraction of sp³-hybridized carbons (Fsp3) is 0.500. The van der Waals surface area contributed by atoms with Gasteiger partial charge in [0.2, 0.25) is 0 Å². The minimum atomic E-state index is -4.72. The molecule has 0 aliphatic carbocycles. The summed E-state index contributed by atoms with van der Waals surface area (Å²) in [5, 5.41) is 19.8. The Morgan fingerprint density at radius 1 is 1.48 bits per heavy atom. The van der Waals surface area contributed by atoms with E-state index in [1.807, 2.05) is 0 Å². The number of carbonyl (C=O) groups excluding carboxylic acids is 1. The van der Waals surface area contributed by atoms with E-state index in [1.165, 1.54) is 4.90 Å². The van der Waals surface area contributed by atoms with Crippen LogP contribution in [0.3, 0.4) is 0 Å². The molecule has 1 fully saturated rings. The molecule has 0 saturated carbocycles. The molecule has 154 valence electrons. The minimum Gasteiger partial charge on any atom is -0.411 e. The highest BCUT2D eigenvalue weighted by molar-refractivity contribution is 8.20. The van der Waals surface area contributed by atoms with Crippen molar-refractivity contribution in [1.82, 2.24) is 24.5 Å². The number of nitrogens with two attached hydrogens (primary N) is 1. The lowest BCUT2D eigenvalue weighted by Gasteiger charge is -2.25. The highest BCUT2D eigenvalue weighted by Crippen LogP contribution is 2.37. The first-order valence-electron chi connectivity index (χ1n) is 7.15. The molecule has 7 N–H and O–H groups in total. The monoisotopic (exact) mass is 429 g/mol. The van der Waals surface area contributed by atoms with Gasteiger partial charge >= 0.3 is 16.4 Å². The quantitative estimate of drug-likeness (QED) is 0.145. The van der Waals surface area contributed by atoms with Gasteiger partial charge in [-0.1, -0.05) is 11.0 Å². The zero-order valence-electron chi connectivity index (χ0n) is 13.9. The maximum Gasteiger partial charge on any atom is 0.418 e. The van der Waals surface area contributed by atoms with E-state index in [2.05, 4.69) is 19.3 Å². The number of oxime groups is 1. The van der Waals surface area contributed by atoms with Crippen LogP contribution < -0.4 is 9.86 Å². The Hall–Kier alpha value is -1.99. The van der Waals surface area contributed by atoms with Gasteiger partial charge in [-0.3, -0.25) is 18.3 Å². The molecule has 2 amide bonds. The van der Waals surface area contributed by atoms with Crippen molar-refractivity contribution in [3.8, 4) is 0 Å². The normalized spacial score (nSPS) is 19.9. The van der Waals surface area contributed by atoms with Crippen molar-refractivity contribution >= 4 is 33.6 Å². The van der Waals surface area contributed by atoms with Crippen LogP contribution in [0.2, 0.25) is 0 Å². The molecule has 3 heterocycles. The zero-order valence-corrected chi connectivity index (χ0v) is 15.5. The molecule has 2 bridgehead atoms. The van der Waals surface area contributed by atoms with Crippen LogP contribution in [-0.2, 0) is 28.3 Å². The minimum absolute atomic E-state index is 0.0231. The number of aryl methyl sites for hydroxylation is 1. The summed E-state index contributed by atoms with van der Waals surface area (Å²) in [5.41, 5.74) is 1.55. The van der Waals surface area contributed by atoms with Crippen LogP contribution in [0.4, 0.5) is 4.79 Å². The summed E-state index contributed by atoms with van der Waals surface area (Å²) in [6, 6.07) is -1.16. The molecule has 15 nitrogen and oxygen atoms in total. The predicted octanol–water partition coefficient (Wildman–Crippen LogP) is -0.978. The fourth-order valence-electron chi connectivity index (χ4n) is 2.51. The van der Waals surface area contributed by atoms with Crippen LogP contribution in [0.15, 0.2) is 11.4 Å². The van der Waals surface area contributed by atoms with Crippen LogP contribution >= 0.6 is 11.0 Å². The fourth-order valence-corrected chi connectivity index (χ4v) is 3.20. The van der Waals surface area contributed by atoms with Crippen molar-refractivity contribution in [3.05, 3.63) is 17.5 Å². The Bertz CT molecular complexity index is 820. The van der Waals surface area contributed by atoms with E-state index in [1.54, 1.807) is 17.9 Å². The number of fused-ring (bicyclic) bond motifs is 4. The number of nitrogens with zero attached hydrogens (tertiary/aromatic N) is 5. The average Bonchev–Trinajstić information content (AvgIpc) is 3.01. The summed E-state index contributed by atoms with van der Waals surface area (Å²) >= 11 is 0. The molecular formula is C10H19N7O8S2. The molecule has 1 atom stereocenters. The SMILES string of the molecule is Cn1ncc2c1CN1CC2N(OS(=O)(=O)O)C1=O.NS(O)(O)NC/C=N\O. The van der Waals surface area contributed by atoms with E-state index in [9.17, 15) is 13.2 Å². The van der Waals surface area contributed by atoms with E-state index in [0.717, 1.165) is 17.5 Å². The van der Waals surface area contributed by atoms with Gasteiger partial charge in [-0.25, -0.2) is 14.7 Å². The second-order valence-corrected chi connectivity index (χ2v) is 7.90. The molecule has 3 rings (SSSR count). The molecule has 27 heavy (non-hydrogen) atoms. The van der Waals surface area contributed by atoms with Crippen LogP contribution in [0.25, 0.3) is 0 Å². The Morgan fingerprint density at radius 2 is 2.15 bits per heavy atom. The second kappa shape index (κ2) is 7.94. The summed E-state index contributed by atoms with van der Waals surface area (Å²) in [6.07, 6.45) is 2.61. The molecule has 1 saturated heterocycles. The van der Waals surface area contributed by atoms with Crippen molar-refractivity contribution in [1.29, 1.82) is 0 Å². The summed E-state index contributed by atoms with van der Waals surface area (Å²) in [7, 11) is -6.13. The van der Waals surface area contributed by atoms with Crippen molar-refractivity contribution in [2.24, 2.45) is 17.3 Å². The molecule has 1 aromatic heterocycles. The molecule has 0 aromatic carbocycles. The van der Waals surface area contributed by atoms with Gasteiger partial charge in [0.25, 0.3) is 0 Å². The number of hydroxylamine groups is 2. The van der Waals surface area contributed by atoms with Gasteiger partial charge in [0.05, 0.1) is 37.7 Å². The van der Waals surface area contributed by atoms with E-state index < -0.39 is 33.4 Å². The van der Waals surface area contributed by atoms with Crippen molar-refractivity contribution in [2.45, 2.75) is 12.6 Å². The van der Waals surface area contributed by atoms with Gasteiger partial charge in [-0.05, 0) is 0 Å². The highest BCUT2D eigenvalue weighted by atomic mass is 32.3. The Labute approximate surface area is 155 Å². The third kappa shape index (κ3) is 5.49. The third-order valence-electron chi connectivity index (χ3n) is 3.57. The van der Waals surface area contributed by atoms with E-state index >= 15 is 0 Å². The Kier molecular flexibility index (Phi) is 6.27. The Balaban J connectivity index is 0.000000249. The first-order chi connectivity index (χ1) is 12.4. The molecule has 2 aliphatic heterocycles. The first-order valence-corrected chi connectivity index (χ1v) is 10.1. The lowest BCUT2D eigenvalue weighted by molar-refractivity contribution is -0.0316. The molecule has 2 aliphatic rings. The van der Waals surface area contributed by atoms with Gasteiger partial charge in [0, 0.05) is 12.6 Å². The summed E-state index contributed by atoms with van der Waals surface area (Å²) in [5.74, 6) is 0. The number of hydrogen-bond donors (Lipinski definition) is 6. The number of urea groups is 1. The van der Waals surface area contributed by atoms with E-state index in [0.29, 0.717) is 18.2 Å². The average molecular weight is 429 g/mol. The van der Waals surface area contributed by atoms with Crippen molar-refractivity contribution in [2.75, 3.05) is 13.1 Å². The molecule has 17 heteroatoms.